The largest absolute Gasteiger partial charge is 0.312 e. The highest BCUT2D eigenvalue weighted by molar-refractivity contribution is 6.33. The molecule has 0 radical (unpaired) electrons. The standard InChI is InChI=1S/C12H11ClF2N4/c13-10-9-11(17-4-16-10)19(5-18-9)8-2-7-1-6(8)3-12(7,14)15/h4-8H,1-3H2/t6-,7+,8+/m1/s1. The van der Waals surface area contributed by atoms with Crippen LogP contribution in [-0.4, -0.2) is 25.4 Å². The summed E-state index contributed by atoms with van der Waals surface area (Å²) in [5.74, 6) is -2.99. The zero-order valence-electron chi connectivity index (χ0n) is 9.93. The van der Waals surface area contributed by atoms with Gasteiger partial charge in [0.05, 0.1) is 6.33 Å². The van der Waals surface area contributed by atoms with Crippen LogP contribution < -0.4 is 0 Å². The molecule has 19 heavy (non-hydrogen) atoms. The zero-order chi connectivity index (χ0) is 13.2. The van der Waals surface area contributed by atoms with Gasteiger partial charge in [-0.25, -0.2) is 23.7 Å². The number of hydrogen-bond acceptors (Lipinski definition) is 3. The maximum atomic E-state index is 13.6. The first-order valence-corrected chi connectivity index (χ1v) is 6.65. The van der Waals surface area contributed by atoms with E-state index in [1.54, 1.807) is 6.33 Å². The summed E-state index contributed by atoms with van der Waals surface area (Å²) in [5.41, 5.74) is 1.18. The van der Waals surface area contributed by atoms with E-state index < -0.39 is 11.8 Å². The summed E-state index contributed by atoms with van der Waals surface area (Å²) in [6, 6.07) is 0.0561. The van der Waals surface area contributed by atoms with Gasteiger partial charge in [0.25, 0.3) is 5.92 Å². The lowest BCUT2D eigenvalue weighted by Crippen LogP contribution is -2.29. The van der Waals surface area contributed by atoms with Crippen LogP contribution in [0, 0.1) is 11.8 Å². The fourth-order valence-electron chi connectivity index (χ4n) is 3.59. The molecular formula is C12H11ClF2N4. The van der Waals surface area contributed by atoms with Crippen molar-refractivity contribution in [3.8, 4) is 0 Å². The Labute approximate surface area is 112 Å². The second-order valence-electron chi connectivity index (χ2n) is 5.45. The smallest absolute Gasteiger partial charge is 0.251 e. The average Bonchev–Trinajstić information content (AvgIpc) is 2.99. The summed E-state index contributed by atoms with van der Waals surface area (Å²) in [7, 11) is 0. The van der Waals surface area contributed by atoms with Gasteiger partial charge < -0.3 is 4.57 Å². The van der Waals surface area contributed by atoms with Crippen LogP contribution in [0.2, 0.25) is 5.15 Å². The fraction of sp³-hybridized carbons (Fsp3) is 0.583. The van der Waals surface area contributed by atoms with E-state index in [1.165, 1.54) is 6.33 Å². The number of rotatable bonds is 1. The molecule has 4 nitrogen and oxygen atoms in total. The molecule has 4 rings (SSSR count). The van der Waals surface area contributed by atoms with Crippen molar-refractivity contribution in [3.63, 3.8) is 0 Å². The first-order chi connectivity index (χ1) is 9.06. The van der Waals surface area contributed by atoms with Crippen LogP contribution in [0.1, 0.15) is 25.3 Å². The lowest BCUT2D eigenvalue weighted by Gasteiger charge is -2.28. The number of nitrogens with zero attached hydrogens (tertiary/aromatic N) is 4. The maximum Gasteiger partial charge on any atom is 0.251 e. The molecule has 2 bridgehead atoms. The number of hydrogen-bond donors (Lipinski definition) is 0. The Morgan fingerprint density at radius 1 is 1.26 bits per heavy atom. The second kappa shape index (κ2) is 3.62. The third kappa shape index (κ3) is 1.52. The van der Waals surface area contributed by atoms with E-state index in [0.29, 0.717) is 29.2 Å². The molecule has 100 valence electrons. The van der Waals surface area contributed by atoms with Gasteiger partial charge in [-0.2, -0.15) is 0 Å². The molecule has 2 aromatic rings. The van der Waals surface area contributed by atoms with Crippen molar-refractivity contribution < 1.29 is 8.78 Å². The minimum absolute atomic E-state index is 0.00569. The highest BCUT2D eigenvalue weighted by atomic mass is 35.5. The van der Waals surface area contributed by atoms with Crippen molar-refractivity contribution in [2.75, 3.05) is 0 Å². The van der Waals surface area contributed by atoms with Crippen LogP contribution in [-0.2, 0) is 0 Å². The van der Waals surface area contributed by atoms with E-state index in [2.05, 4.69) is 15.0 Å². The summed E-state index contributed by atoms with van der Waals surface area (Å²) >= 11 is 5.95. The fourth-order valence-corrected chi connectivity index (χ4v) is 3.77. The van der Waals surface area contributed by atoms with Gasteiger partial charge in [-0.05, 0) is 18.8 Å². The average molecular weight is 285 g/mol. The highest BCUT2D eigenvalue weighted by Crippen LogP contribution is 2.58. The van der Waals surface area contributed by atoms with Crippen LogP contribution in [0.3, 0.4) is 0 Å². The Balaban J connectivity index is 1.76. The summed E-state index contributed by atoms with van der Waals surface area (Å²) in [6.07, 6.45) is 4.08. The molecule has 2 heterocycles. The third-order valence-corrected chi connectivity index (χ3v) is 4.74. The normalized spacial score (nSPS) is 32.3. The van der Waals surface area contributed by atoms with Crippen LogP contribution >= 0.6 is 11.6 Å². The van der Waals surface area contributed by atoms with Crippen molar-refractivity contribution >= 4 is 22.8 Å². The topological polar surface area (TPSA) is 43.6 Å². The van der Waals surface area contributed by atoms with Crippen molar-refractivity contribution in [1.29, 1.82) is 0 Å². The molecule has 0 saturated heterocycles. The number of aromatic nitrogens is 4. The Kier molecular flexibility index (Phi) is 2.20. The van der Waals surface area contributed by atoms with E-state index in [1.807, 2.05) is 4.57 Å². The van der Waals surface area contributed by atoms with E-state index in [9.17, 15) is 8.78 Å². The lowest BCUT2D eigenvalue weighted by atomic mass is 9.92. The second-order valence-corrected chi connectivity index (χ2v) is 5.81. The summed E-state index contributed by atoms with van der Waals surface area (Å²) < 4.78 is 29.0. The first kappa shape index (κ1) is 11.5. The Morgan fingerprint density at radius 3 is 2.79 bits per heavy atom. The van der Waals surface area contributed by atoms with E-state index in [-0.39, 0.29) is 18.4 Å². The molecule has 0 aromatic carbocycles. The molecular weight excluding hydrogens is 274 g/mol. The van der Waals surface area contributed by atoms with Gasteiger partial charge in [-0.3, -0.25) is 0 Å². The molecule has 2 saturated carbocycles. The van der Waals surface area contributed by atoms with Gasteiger partial charge in [0, 0.05) is 18.4 Å². The molecule has 0 unspecified atom stereocenters. The summed E-state index contributed by atoms with van der Waals surface area (Å²) in [5, 5.41) is 0.303. The van der Waals surface area contributed by atoms with Crippen LogP contribution in [0.5, 0.6) is 0 Å². The molecule has 2 fully saturated rings. The quantitative estimate of drug-likeness (QED) is 0.756. The van der Waals surface area contributed by atoms with Crippen LogP contribution in [0.25, 0.3) is 11.2 Å². The minimum Gasteiger partial charge on any atom is -0.312 e. The van der Waals surface area contributed by atoms with E-state index >= 15 is 0 Å². The molecule has 0 spiro atoms. The first-order valence-electron chi connectivity index (χ1n) is 6.27. The van der Waals surface area contributed by atoms with Gasteiger partial charge in [0.2, 0.25) is 0 Å². The Bertz CT molecular complexity index is 656. The molecule has 0 aliphatic heterocycles. The highest BCUT2D eigenvalue weighted by Gasteiger charge is 2.57. The SMILES string of the molecule is FC1(F)C[C@H]2C[C@H]1C[C@@H]2n1cnc2c(Cl)ncnc21. The molecule has 0 amide bonds. The van der Waals surface area contributed by atoms with E-state index in [4.69, 9.17) is 11.6 Å². The van der Waals surface area contributed by atoms with Gasteiger partial charge >= 0.3 is 0 Å². The summed E-state index contributed by atoms with van der Waals surface area (Å²) in [6.45, 7) is 0. The molecule has 2 aromatic heterocycles. The lowest BCUT2D eigenvalue weighted by molar-refractivity contribution is -0.0592. The van der Waals surface area contributed by atoms with Gasteiger partial charge in [-0.15, -0.1) is 0 Å². The van der Waals surface area contributed by atoms with Crippen molar-refractivity contribution in [2.45, 2.75) is 31.2 Å². The predicted molar refractivity (Wildman–Crippen MR) is 65.1 cm³/mol. The maximum absolute atomic E-state index is 13.6. The van der Waals surface area contributed by atoms with Crippen molar-refractivity contribution in [2.24, 2.45) is 11.8 Å². The van der Waals surface area contributed by atoms with E-state index in [0.717, 1.165) is 0 Å². The molecule has 2 aliphatic carbocycles. The summed E-state index contributed by atoms with van der Waals surface area (Å²) in [4.78, 5) is 12.3. The van der Waals surface area contributed by atoms with Crippen molar-refractivity contribution in [3.05, 3.63) is 17.8 Å². The van der Waals surface area contributed by atoms with Gasteiger partial charge in [0.15, 0.2) is 10.8 Å². The number of halogens is 3. The predicted octanol–water partition coefficient (Wildman–Crippen LogP) is 3.09. The molecule has 0 N–H and O–H groups in total. The Hall–Kier alpha value is -1.30. The monoisotopic (exact) mass is 284 g/mol. The molecule has 2 aliphatic rings. The van der Waals surface area contributed by atoms with Gasteiger partial charge in [-0.1, -0.05) is 11.6 Å². The zero-order valence-corrected chi connectivity index (χ0v) is 10.7. The third-order valence-electron chi connectivity index (χ3n) is 4.46. The number of alkyl halides is 2. The minimum atomic E-state index is -2.50. The molecule has 3 atom stereocenters. The van der Waals surface area contributed by atoms with Crippen LogP contribution in [0.4, 0.5) is 8.78 Å². The molecule has 7 heteroatoms. The number of imidazole rings is 1. The van der Waals surface area contributed by atoms with Gasteiger partial charge in [0.1, 0.15) is 11.8 Å². The van der Waals surface area contributed by atoms with Crippen molar-refractivity contribution in [1.82, 2.24) is 19.5 Å². The van der Waals surface area contributed by atoms with Crippen LogP contribution in [0.15, 0.2) is 12.7 Å². The Morgan fingerprint density at radius 2 is 2.11 bits per heavy atom. The number of fused-ring (bicyclic) bond motifs is 3.